The maximum atomic E-state index is 13.0. The Kier molecular flexibility index (Phi) is 3.19. The highest BCUT2D eigenvalue weighted by Crippen LogP contribution is 2.38. The molecule has 0 unspecified atom stereocenters. The van der Waals surface area contributed by atoms with Gasteiger partial charge in [0.05, 0.1) is 5.56 Å². The molecule has 0 bridgehead atoms. The van der Waals surface area contributed by atoms with Crippen molar-refractivity contribution in [3.63, 3.8) is 0 Å². The van der Waals surface area contributed by atoms with Crippen LogP contribution in [0.4, 0.5) is 18.9 Å². The van der Waals surface area contributed by atoms with Gasteiger partial charge in [-0.3, -0.25) is 4.79 Å². The van der Waals surface area contributed by atoms with Gasteiger partial charge in [-0.1, -0.05) is 0 Å². The summed E-state index contributed by atoms with van der Waals surface area (Å²) in [6.45, 7) is 1.22. The van der Waals surface area contributed by atoms with Gasteiger partial charge in [0.1, 0.15) is 0 Å². The van der Waals surface area contributed by atoms with Crippen LogP contribution in [0.5, 0.6) is 0 Å². The van der Waals surface area contributed by atoms with E-state index in [4.69, 9.17) is 5.73 Å². The molecule has 98 valence electrons. The van der Waals surface area contributed by atoms with E-state index in [1.165, 1.54) is 12.1 Å². The number of alkyl halides is 3. The van der Waals surface area contributed by atoms with E-state index in [0.29, 0.717) is 13.1 Å². The van der Waals surface area contributed by atoms with Crippen molar-refractivity contribution >= 4 is 11.6 Å². The Bertz CT molecular complexity index is 465. The lowest BCUT2D eigenvalue weighted by atomic mass is 10.1. The number of rotatable bonds is 2. The predicted molar refractivity (Wildman–Crippen MR) is 61.4 cm³/mol. The highest BCUT2D eigenvalue weighted by Gasteiger charge is 2.36. The van der Waals surface area contributed by atoms with Gasteiger partial charge in [0.25, 0.3) is 0 Å². The number of halogens is 3. The molecule has 18 heavy (non-hydrogen) atoms. The number of nitrogens with two attached hydrogens (primary N) is 1. The molecular weight excluding hydrogens is 245 g/mol. The molecule has 3 nitrogen and oxygen atoms in total. The SMILES string of the molecule is NC(=O)c1ccc(N2CCCC2)c(C(F)(F)F)c1. The van der Waals surface area contributed by atoms with Crippen LogP contribution in [0, 0.1) is 0 Å². The van der Waals surface area contributed by atoms with E-state index in [1.807, 2.05) is 0 Å². The number of carbonyl (C=O) groups excluding carboxylic acids is 1. The molecule has 0 aromatic heterocycles. The molecule has 1 aromatic carbocycles. The third-order valence-corrected chi connectivity index (χ3v) is 3.03. The van der Waals surface area contributed by atoms with Crippen LogP contribution >= 0.6 is 0 Å². The van der Waals surface area contributed by atoms with Crippen molar-refractivity contribution in [2.45, 2.75) is 19.0 Å². The van der Waals surface area contributed by atoms with Crippen molar-refractivity contribution in [1.82, 2.24) is 0 Å². The van der Waals surface area contributed by atoms with E-state index >= 15 is 0 Å². The number of carbonyl (C=O) groups is 1. The maximum Gasteiger partial charge on any atom is 0.418 e. The van der Waals surface area contributed by atoms with Crippen LogP contribution in [0.1, 0.15) is 28.8 Å². The normalized spacial score (nSPS) is 16.1. The minimum atomic E-state index is -4.48. The fraction of sp³-hybridized carbons (Fsp3) is 0.417. The monoisotopic (exact) mass is 258 g/mol. The summed E-state index contributed by atoms with van der Waals surface area (Å²) in [6, 6.07) is 3.50. The van der Waals surface area contributed by atoms with Crippen molar-refractivity contribution in [3.8, 4) is 0 Å². The van der Waals surface area contributed by atoms with Gasteiger partial charge in [0.2, 0.25) is 5.91 Å². The average Bonchev–Trinajstić information content (AvgIpc) is 2.80. The fourth-order valence-electron chi connectivity index (χ4n) is 2.15. The van der Waals surface area contributed by atoms with E-state index in [2.05, 4.69) is 0 Å². The maximum absolute atomic E-state index is 13.0. The highest BCUT2D eigenvalue weighted by atomic mass is 19.4. The molecule has 1 saturated heterocycles. The molecule has 0 aliphatic carbocycles. The quantitative estimate of drug-likeness (QED) is 0.885. The lowest BCUT2D eigenvalue weighted by molar-refractivity contribution is -0.137. The van der Waals surface area contributed by atoms with Crippen molar-refractivity contribution in [1.29, 1.82) is 0 Å². The van der Waals surface area contributed by atoms with Crippen LogP contribution in [-0.4, -0.2) is 19.0 Å². The molecule has 0 radical (unpaired) electrons. The number of amides is 1. The summed E-state index contributed by atoms with van der Waals surface area (Å²) >= 11 is 0. The zero-order valence-corrected chi connectivity index (χ0v) is 9.63. The highest BCUT2D eigenvalue weighted by molar-refractivity contribution is 5.93. The van der Waals surface area contributed by atoms with E-state index in [9.17, 15) is 18.0 Å². The third kappa shape index (κ3) is 2.42. The van der Waals surface area contributed by atoms with Crippen LogP contribution < -0.4 is 10.6 Å². The second-order valence-corrected chi connectivity index (χ2v) is 4.29. The van der Waals surface area contributed by atoms with Crippen LogP contribution in [0.15, 0.2) is 18.2 Å². The van der Waals surface area contributed by atoms with E-state index in [1.54, 1.807) is 4.90 Å². The topological polar surface area (TPSA) is 46.3 Å². The number of benzene rings is 1. The van der Waals surface area contributed by atoms with Gasteiger partial charge in [-0.2, -0.15) is 13.2 Å². The summed E-state index contributed by atoms with van der Waals surface area (Å²) in [4.78, 5) is 12.6. The van der Waals surface area contributed by atoms with Crippen molar-refractivity contribution in [3.05, 3.63) is 29.3 Å². The molecule has 1 aromatic rings. The van der Waals surface area contributed by atoms with Crippen molar-refractivity contribution < 1.29 is 18.0 Å². The van der Waals surface area contributed by atoms with Gasteiger partial charge >= 0.3 is 6.18 Å². The van der Waals surface area contributed by atoms with Crippen molar-refractivity contribution in [2.24, 2.45) is 5.73 Å². The Morgan fingerprint density at radius 2 is 1.83 bits per heavy atom. The number of hydrogen-bond donors (Lipinski definition) is 1. The van der Waals surface area contributed by atoms with Crippen LogP contribution in [0.2, 0.25) is 0 Å². The molecule has 2 N–H and O–H groups in total. The van der Waals surface area contributed by atoms with Gasteiger partial charge in [0.15, 0.2) is 0 Å². The lowest BCUT2D eigenvalue weighted by Gasteiger charge is -2.23. The van der Waals surface area contributed by atoms with Gasteiger partial charge in [0, 0.05) is 24.3 Å². The fourth-order valence-corrected chi connectivity index (χ4v) is 2.15. The molecule has 2 rings (SSSR count). The molecule has 1 amide bonds. The Labute approximate surface area is 102 Å². The average molecular weight is 258 g/mol. The summed E-state index contributed by atoms with van der Waals surface area (Å²) < 4.78 is 38.9. The Hall–Kier alpha value is -1.72. The molecule has 1 heterocycles. The molecule has 1 aliphatic heterocycles. The predicted octanol–water partition coefficient (Wildman–Crippen LogP) is 2.40. The molecule has 0 spiro atoms. The van der Waals surface area contributed by atoms with Gasteiger partial charge in [-0.05, 0) is 31.0 Å². The zero-order chi connectivity index (χ0) is 13.3. The molecule has 0 atom stereocenters. The second-order valence-electron chi connectivity index (χ2n) is 4.29. The Morgan fingerprint density at radius 1 is 1.22 bits per heavy atom. The largest absolute Gasteiger partial charge is 0.418 e. The van der Waals surface area contributed by atoms with Gasteiger partial charge in [-0.25, -0.2) is 0 Å². The van der Waals surface area contributed by atoms with Gasteiger partial charge < -0.3 is 10.6 Å². The molecule has 0 saturated carbocycles. The second kappa shape index (κ2) is 4.51. The summed E-state index contributed by atoms with van der Waals surface area (Å²) in [7, 11) is 0. The molecule has 1 fully saturated rings. The molecule has 1 aliphatic rings. The molecule has 6 heteroatoms. The zero-order valence-electron chi connectivity index (χ0n) is 9.63. The third-order valence-electron chi connectivity index (χ3n) is 3.03. The minimum absolute atomic E-state index is 0.120. The number of primary amides is 1. The first-order valence-electron chi connectivity index (χ1n) is 5.65. The Balaban J connectivity index is 2.48. The lowest BCUT2D eigenvalue weighted by Crippen LogP contribution is -2.23. The molecular formula is C12H13F3N2O. The smallest absolute Gasteiger partial charge is 0.371 e. The number of nitrogens with zero attached hydrogens (tertiary/aromatic N) is 1. The van der Waals surface area contributed by atoms with E-state index in [0.717, 1.165) is 18.9 Å². The van der Waals surface area contributed by atoms with E-state index < -0.39 is 17.6 Å². The number of anilines is 1. The van der Waals surface area contributed by atoms with Crippen LogP contribution in [-0.2, 0) is 6.18 Å². The van der Waals surface area contributed by atoms with Crippen LogP contribution in [0.3, 0.4) is 0 Å². The summed E-state index contributed by atoms with van der Waals surface area (Å²) in [5, 5.41) is 0. The Morgan fingerprint density at radius 3 is 2.33 bits per heavy atom. The first-order valence-corrected chi connectivity index (χ1v) is 5.65. The standard InChI is InChI=1S/C12H13F3N2O/c13-12(14,15)9-7-8(11(16)18)3-4-10(9)17-5-1-2-6-17/h3-4,7H,1-2,5-6H2,(H2,16,18). The summed E-state index contributed by atoms with van der Waals surface area (Å²) in [6.07, 6.45) is -2.72. The summed E-state index contributed by atoms with van der Waals surface area (Å²) in [5.74, 6) is -0.853. The van der Waals surface area contributed by atoms with Gasteiger partial charge in [-0.15, -0.1) is 0 Å². The van der Waals surface area contributed by atoms with E-state index in [-0.39, 0.29) is 11.3 Å². The number of hydrogen-bond acceptors (Lipinski definition) is 2. The van der Waals surface area contributed by atoms with Crippen molar-refractivity contribution in [2.75, 3.05) is 18.0 Å². The van der Waals surface area contributed by atoms with Crippen LogP contribution in [0.25, 0.3) is 0 Å². The first kappa shape index (κ1) is 12.7. The minimum Gasteiger partial charge on any atom is -0.371 e. The first-order chi connectivity index (χ1) is 8.39. The summed E-state index contributed by atoms with van der Waals surface area (Å²) in [5.41, 5.74) is 4.23.